The van der Waals surface area contributed by atoms with Crippen molar-refractivity contribution in [3.05, 3.63) is 48.0 Å². The maximum atomic E-state index is 12.1. The predicted octanol–water partition coefficient (Wildman–Crippen LogP) is 3.37. The molecule has 1 amide bonds. The summed E-state index contributed by atoms with van der Waals surface area (Å²) in [4.78, 5) is 16.5. The van der Waals surface area contributed by atoms with Crippen LogP contribution in [0.3, 0.4) is 0 Å². The topological polar surface area (TPSA) is 98.0 Å². The average Bonchev–Trinajstić information content (AvgIpc) is 2.65. The number of hydrogen-bond donors (Lipinski definition) is 3. The van der Waals surface area contributed by atoms with Gasteiger partial charge in [-0.15, -0.1) is 0 Å². The Morgan fingerprint density at radius 2 is 1.82 bits per heavy atom. The zero-order chi connectivity index (χ0) is 19.9. The lowest BCUT2D eigenvalue weighted by Crippen LogP contribution is -2.28. The summed E-state index contributed by atoms with van der Waals surface area (Å²) in [5, 5.41) is 6.01. The van der Waals surface area contributed by atoms with Crippen molar-refractivity contribution < 1.29 is 14.3 Å². The molecule has 1 aliphatic rings. The van der Waals surface area contributed by atoms with E-state index in [1.165, 1.54) is 0 Å². The average molecular weight is 382 g/mol. The second kappa shape index (κ2) is 9.12. The van der Waals surface area contributed by atoms with Crippen LogP contribution in [0, 0.1) is 5.92 Å². The van der Waals surface area contributed by atoms with Crippen LogP contribution in [0.25, 0.3) is 0 Å². The fraction of sp³-hybridized carbons (Fsp3) is 0.333. The number of methoxy groups -OCH3 is 2. The van der Waals surface area contributed by atoms with Gasteiger partial charge in [-0.2, -0.15) is 0 Å². The molecule has 0 saturated heterocycles. The third kappa shape index (κ3) is 4.94. The van der Waals surface area contributed by atoms with Gasteiger partial charge in [0.1, 0.15) is 0 Å². The molecular weight excluding hydrogens is 356 g/mol. The van der Waals surface area contributed by atoms with E-state index in [-0.39, 0.29) is 17.8 Å². The summed E-state index contributed by atoms with van der Waals surface area (Å²) < 4.78 is 10.5. The van der Waals surface area contributed by atoms with Crippen LogP contribution in [0.15, 0.2) is 47.5 Å². The number of hydrogen-bond acceptors (Lipinski definition) is 4. The van der Waals surface area contributed by atoms with E-state index in [0.29, 0.717) is 18.0 Å². The summed E-state index contributed by atoms with van der Waals surface area (Å²) in [6.45, 7) is 0.402. The zero-order valence-electron chi connectivity index (χ0n) is 16.2. The number of amides is 1. The molecule has 28 heavy (non-hydrogen) atoms. The molecule has 0 radical (unpaired) electrons. The maximum Gasteiger partial charge on any atom is 0.227 e. The lowest BCUT2D eigenvalue weighted by Gasteiger charge is -2.24. The molecule has 0 bridgehead atoms. The summed E-state index contributed by atoms with van der Waals surface area (Å²) in [5.74, 6) is 1.79. The van der Waals surface area contributed by atoms with E-state index in [1.807, 2.05) is 30.3 Å². The highest BCUT2D eigenvalue weighted by atomic mass is 16.5. The number of anilines is 2. The number of nitrogens with two attached hydrogens (primary N) is 1. The van der Waals surface area contributed by atoms with E-state index >= 15 is 0 Å². The molecular formula is C21H26N4O3. The van der Waals surface area contributed by atoms with Crippen LogP contribution < -0.4 is 25.8 Å². The molecule has 7 nitrogen and oxygen atoms in total. The second-order valence-electron chi connectivity index (χ2n) is 6.71. The Morgan fingerprint density at radius 3 is 2.50 bits per heavy atom. The molecule has 1 fully saturated rings. The van der Waals surface area contributed by atoms with E-state index in [1.54, 1.807) is 26.4 Å². The first kappa shape index (κ1) is 19.5. The minimum absolute atomic E-state index is 0.0986. The monoisotopic (exact) mass is 382 g/mol. The summed E-state index contributed by atoms with van der Waals surface area (Å²) in [6.07, 6.45) is 3.10. The molecule has 1 saturated carbocycles. The lowest BCUT2D eigenvalue weighted by molar-refractivity contribution is -0.122. The largest absolute Gasteiger partial charge is 0.493 e. The van der Waals surface area contributed by atoms with Crippen molar-refractivity contribution >= 4 is 23.2 Å². The van der Waals surface area contributed by atoms with Crippen molar-refractivity contribution in [3.8, 4) is 11.5 Å². The number of rotatable bonds is 7. The van der Waals surface area contributed by atoms with Crippen molar-refractivity contribution in [2.45, 2.75) is 25.8 Å². The fourth-order valence-electron chi connectivity index (χ4n) is 2.94. The normalized spacial score (nSPS) is 14.1. The summed E-state index contributed by atoms with van der Waals surface area (Å²) in [5.41, 5.74) is 8.50. The number of nitrogens with zero attached hydrogens (tertiary/aromatic N) is 1. The summed E-state index contributed by atoms with van der Waals surface area (Å²) in [7, 11) is 3.17. The molecule has 2 aromatic carbocycles. The number of nitrogens with one attached hydrogen (secondary N) is 2. The highest BCUT2D eigenvalue weighted by Gasteiger charge is 2.25. The first-order valence-electron chi connectivity index (χ1n) is 9.28. The van der Waals surface area contributed by atoms with Crippen LogP contribution in [-0.2, 0) is 11.3 Å². The van der Waals surface area contributed by atoms with Crippen LogP contribution in [0.5, 0.6) is 11.5 Å². The van der Waals surface area contributed by atoms with Gasteiger partial charge < -0.3 is 25.8 Å². The van der Waals surface area contributed by atoms with E-state index in [4.69, 9.17) is 15.2 Å². The molecule has 148 valence electrons. The Bertz CT molecular complexity index is 862. The standard InChI is InChI=1S/C21H26N4O3/c1-27-18-10-9-17(12-19(18)28-2)25-21(22)23-13-14-5-3-8-16(11-14)24-20(26)15-6-4-7-15/h3,5,8-12,15H,4,6-7,13H2,1-2H3,(H,24,26)(H3,22,23,25). The third-order valence-electron chi connectivity index (χ3n) is 4.76. The highest BCUT2D eigenvalue weighted by molar-refractivity contribution is 5.93. The molecule has 0 unspecified atom stereocenters. The van der Waals surface area contributed by atoms with Gasteiger partial charge in [0.15, 0.2) is 17.5 Å². The molecule has 0 heterocycles. The molecule has 1 aliphatic carbocycles. The van der Waals surface area contributed by atoms with Crippen molar-refractivity contribution in [3.63, 3.8) is 0 Å². The van der Waals surface area contributed by atoms with Gasteiger partial charge in [0, 0.05) is 23.4 Å². The number of aliphatic imine (C=N–C) groups is 1. The zero-order valence-corrected chi connectivity index (χ0v) is 16.2. The minimum Gasteiger partial charge on any atom is -0.493 e. The Morgan fingerprint density at radius 1 is 1.07 bits per heavy atom. The minimum atomic E-state index is 0.0986. The Balaban J connectivity index is 1.60. The molecule has 3 rings (SSSR count). The van der Waals surface area contributed by atoms with Crippen molar-refractivity contribution in [1.82, 2.24) is 0 Å². The predicted molar refractivity (Wildman–Crippen MR) is 111 cm³/mol. The van der Waals surface area contributed by atoms with E-state index < -0.39 is 0 Å². The van der Waals surface area contributed by atoms with E-state index in [2.05, 4.69) is 15.6 Å². The third-order valence-corrected chi connectivity index (χ3v) is 4.76. The van der Waals surface area contributed by atoms with Gasteiger partial charge in [-0.3, -0.25) is 4.79 Å². The van der Waals surface area contributed by atoms with Gasteiger partial charge in [-0.25, -0.2) is 4.99 Å². The lowest BCUT2D eigenvalue weighted by atomic mass is 9.85. The van der Waals surface area contributed by atoms with Gasteiger partial charge in [0.2, 0.25) is 5.91 Å². The quantitative estimate of drug-likeness (QED) is 0.504. The number of benzene rings is 2. The van der Waals surface area contributed by atoms with Crippen LogP contribution >= 0.6 is 0 Å². The van der Waals surface area contributed by atoms with Gasteiger partial charge in [0.05, 0.1) is 20.8 Å². The molecule has 0 spiro atoms. The van der Waals surface area contributed by atoms with Gasteiger partial charge >= 0.3 is 0 Å². The van der Waals surface area contributed by atoms with Crippen LogP contribution in [0.1, 0.15) is 24.8 Å². The van der Waals surface area contributed by atoms with Crippen LogP contribution in [0.2, 0.25) is 0 Å². The van der Waals surface area contributed by atoms with Gasteiger partial charge in [-0.05, 0) is 42.7 Å². The molecule has 0 aromatic heterocycles. The Labute approximate surface area is 164 Å². The molecule has 0 atom stereocenters. The highest BCUT2D eigenvalue weighted by Crippen LogP contribution is 2.30. The number of ether oxygens (including phenoxy) is 2. The second-order valence-corrected chi connectivity index (χ2v) is 6.71. The van der Waals surface area contributed by atoms with Crippen molar-refractivity contribution in [2.24, 2.45) is 16.6 Å². The molecule has 7 heteroatoms. The van der Waals surface area contributed by atoms with E-state index in [9.17, 15) is 4.79 Å². The molecule has 2 aromatic rings. The number of guanidine groups is 1. The number of carbonyl (C=O) groups excluding carboxylic acids is 1. The summed E-state index contributed by atoms with van der Waals surface area (Å²) >= 11 is 0. The van der Waals surface area contributed by atoms with Crippen molar-refractivity contribution in [2.75, 3.05) is 24.9 Å². The fourth-order valence-corrected chi connectivity index (χ4v) is 2.94. The van der Waals surface area contributed by atoms with Crippen LogP contribution in [0.4, 0.5) is 11.4 Å². The SMILES string of the molecule is COc1ccc(NC(N)=NCc2cccc(NC(=O)C3CCC3)c2)cc1OC. The number of carbonyl (C=O) groups is 1. The summed E-state index contributed by atoms with van der Waals surface area (Å²) in [6, 6.07) is 13.1. The molecule has 4 N–H and O–H groups in total. The van der Waals surface area contributed by atoms with Crippen molar-refractivity contribution in [1.29, 1.82) is 0 Å². The van der Waals surface area contributed by atoms with E-state index in [0.717, 1.165) is 36.2 Å². The van der Waals surface area contributed by atoms with Gasteiger partial charge in [0.25, 0.3) is 0 Å². The van der Waals surface area contributed by atoms with Gasteiger partial charge in [-0.1, -0.05) is 18.6 Å². The Kier molecular flexibility index (Phi) is 6.37. The Hall–Kier alpha value is -3.22. The maximum absolute atomic E-state index is 12.1. The molecule has 0 aliphatic heterocycles. The smallest absolute Gasteiger partial charge is 0.227 e. The van der Waals surface area contributed by atoms with Crippen LogP contribution in [-0.4, -0.2) is 26.1 Å². The first-order valence-corrected chi connectivity index (χ1v) is 9.28. The first-order chi connectivity index (χ1) is 13.6.